The van der Waals surface area contributed by atoms with Gasteiger partial charge in [0.05, 0.1) is 0 Å². The van der Waals surface area contributed by atoms with Crippen LogP contribution in [0, 0.1) is 0 Å². The predicted molar refractivity (Wildman–Crippen MR) is 73.3 cm³/mol. The smallest absolute Gasteiger partial charge is 0.181 e. The van der Waals surface area contributed by atoms with Crippen molar-refractivity contribution < 1.29 is 0 Å². The minimum absolute atomic E-state index is 0.579. The van der Waals surface area contributed by atoms with Crippen molar-refractivity contribution in [2.75, 3.05) is 43.9 Å². The molecule has 7 nitrogen and oxygen atoms in total. The first-order chi connectivity index (χ1) is 9.25. The standard InChI is InChI=1S/C12H17N7/c1-17-5-7-18(8-6-17)11-10(13)12(15-9-14-11)19-4-2-3-16-19/h2-4,9H,5-8,13H2,1H3. The van der Waals surface area contributed by atoms with Gasteiger partial charge in [0, 0.05) is 38.6 Å². The average molecular weight is 259 g/mol. The Hall–Kier alpha value is -2.15. The molecule has 0 aliphatic carbocycles. The Kier molecular flexibility index (Phi) is 3.04. The summed E-state index contributed by atoms with van der Waals surface area (Å²) < 4.78 is 1.66. The van der Waals surface area contributed by atoms with E-state index in [0.717, 1.165) is 32.0 Å². The fourth-order valence-electron chi connectivity index (χ4n) is 2.22. The molecule has 0 spiro atoms. The van der Waals surface area contributed by atoms with E-state index in [1.165, 1.54) is 0 Å². The van der Waals surface area contributed by atoms with Crippen molar-refractivity contribution in [2.24, 2.45) is 0 Å². The van der Waals surface area contributed by atoms with E-state index in [1.807, 2.05) is 12.3 Å². The quantitative estimate of drug-likeness (QED) is 0.818. The number of nitrogen functional groups attached to an aromatic ring is 1. The predicted octanol–water partition coefficient (Wildman–Crippen LogP) is -0.00370. The molecule has 100 valence electrons. The number of hydrogen-bond acceptors (Lipinski definition) is 6. The molecule has 0 unspecified atom stereocenters. The van der Waals surface area contributed by atoms with Crippen molar-refractivity contribution in [3.8, 4) is 5.82 Å². The van der Waals surface area contributed by atoms with Gasteiger partial charge in [-0.1, -0.05) is 0 Å². The molecule has 7 heteroatoms. The van der Waals surface area contributed by atoms with Gasteiger partial charge in [-0.05, 0) is 13.1 Å². The summed E-state index contributed by atoms with van der Waals surface area (Å²) in [6, 6.07) is 1.84. The van der Waals surface area contributed by atoms with Crippen molar-refractivity contribution in [1.82, 2.24) is 24.6 Å². The highest BCUT2D eigenvalue weighted by atomic mass is 15.3. The molecule has 1 fully saturated rings. The number of piperazine rings is 1. The van der Waals surface area contributed by atoms with Crippen LogP contribution in [0.25, 0.3) is 5.82 Å². The Bertz CT molecular complexity index is 543. The largest absolute Gasteiger partial charge is 0.393 e. The molecule has 0 aromatic carbocycles. The van der Waals surface area contributed by atoms with Crippen LogP contribution in [0.1, 0.15) is 0 Å². The number of nitrogens with two attached hydrogens (primary N) is 1. The summed E-state index contributed by atoms with van der Waals surface area (Å²) in [6.07, 6.45) is 5.07. The Morgan fingerprint density at radius 3 is 2.53 bits per heavy atom. The van der Waals surface area contributed by atoms with Gasteiger partial charge in [0.15, 0.2) is 11.6 Å². The van der Waals surface area contributed by atoms with Gasteiger partial charge < -0.3 is 15.5 Å². The Morgan fingerprint density at radius 2 is 1.84 bits per heavy atom. The first kappa shape index (κ1) is 11.9. The first-order valence-electron chi connectivity index (χ1n) is 6.29. The maximum absolute atomic E-state index is 6.20. The SMILES string of the molecule is CN1CCN(c2ncnc(-n3cccn3)c2N)CC1. The minimum atomic E-state index is 0.579. The topological polar surface area (TPSA) is 76.1 Å². The summed E-state index contributed by atoms with van der Waals surface area (Å²) in [7, 11) is 2.12. The fourth-order valence-corrected chi connectivity index (χ4v) is 2.22. The molecule has 19 heavy (non-hydrogen) atoms. The summed E-state index contributed by atoms with van der Waals surface area (Å²) in [5.41, 5.74) is 6.78. The second-order valence-corrected chi connectivity index (χ2v) is 4.68. The van der Waals surface area contributed by atoms with Crippen LogP contribution < -0.4 is 10.6 Å². The van der Waals surface area contributed by atoms with E-state index in [2.05, 4.69) is 31.9 Å². The molecule has 3 rings (SSSR count). The van der Waals surface area contributed by atoms with Gasteiger partial charge in [0.25, 0.3) is 0 Å². The molecule has 1 aliphatic heterocycles. The highest BCUT2D eigenvalue weighted by Crippen LogP contribution is 2.25. The number of nitrogens with zero attached hydrogens (tertiary/aromatic N) is 6. The highest BCUT2D eigenvalue weighted by molar-refractivity contribution is 5.70. The van der Waals surface area contributed by atoms with Gasteiger partial charge >= 0.3 is 0 Å². The third-order valence-corrected chi connectivity index (χ3v) is 3.37. The van der Waals surface area contributed by atoms with Crippen LogP contribution in [0.15, 0.2) is 24.8 Å². The summed E-state index contributed by atoms with van der Waals surface area (Å²) in [4.78, 5) is 13.0. The van der Waals surface area contributed by atoms with Gasteiger partial charge in [-0.25, -0.2) is 14.6 Å². The molecule has 0 bridgehead atoms. The zero-order valence-electron chi connectivity index (χ0n) is 10.9. The van der Waals surface area contributed by atoms with Crippen LogP contribution in [0.4, 0.5) is 11.5 Å². The van der Waals surface area contributed by atoms with Crippen LogP contribution in [0.2, 0.25) is 0 Å². The lowest BCUT2D eigenvalue weighted by Crippen LogP contribution is -2.45. The highest BCUT2D eigenvalue weighted by Gasteiger charge is 2.19. The molecule has 1 aliphatic rings. The number of anilines is 2. The second kappa shape index (κ2) is 4.85. The third kappa shape index (κ3) is 2.24. The van der Waals surface area contributed by atoms with Crippen LogP contribution >= 0.6 is 0 Å². The van der Waals surface area contributed by atoms with Crippen LogP contribution in [0.5, 0.6) is 0 Å². The summed E-state index contributed by atoms with van der Waals surface area (Å²) >= 11 is 0. The molecule has 0 amide bonds. The molecule has 0 atom stereocenters. The molecule has 1 saturated heterocycles. The number of rotatable bonds is 2. The molecular formula is C12H17N7. The minimum Gasteiger partial charge on any atom is -0.393 e. The first-order valence-corrected chi connectivity index (χ1v) is 6.29. The van der Waals surface area contributed by atoms with Crippen molar-refractivity contribution in [2.45, 2.75) is 0 Å². The molecule has 2 aromatic rings. The van der Waals surface area contributed by atoms with Gasteiger partial charge in [-0.3, -0.25) is 0 Å². The van der Waals surface area contributed by atoms with Crippen LogP contribution in [0.3, 0.4) is 0 Å². The maximum atomic E-state index is 6.20. The van der Waals surface area contributed by atoms with Gasteiger partial charge in [0.1, 0.15) is 12.0 Å². The molecule has 0 radical (unpaired) electrons. The third-order valence-electron chi connectivity index (χ3n) is 3.37. The van der Waals surface area contributed by atoms with E-state index in [1.54, 1.807) is 17.2 Å². The second-order valence-electron chi connectivity index (χ2n) is 4.68. The van der Waals surface area contributed by atoms with E-state index < -0.39 is 0 Å². The summed E-state index contributed by atoms with van der Waals surface area (Å²) in [5.74, 6) is 1.43. The lowest BCUT2D eigenvalue weighted by atomic mass is 10.3. The van der Waals surface area contributed by atoms with E-state index in [-0.39, 0.29) is 0 Å². The van der Waals surface area contributed by atoms with Gasteiger partial charge in [-0.2, -0.15) is 5.10 Å². The normalized spacial score (nSPS) is 16.8. The number of likely N-dealkylation sites (N-methyl/N-ethyl adjacent to an activating group) is 1. The zero-order chi connectivity index (χ0) is 13.2. The summed E-state index contributed by atoms with van der Waals surface area (Å²) in [6.45, 7) is 3.88. The Balaban J connectivity index is 1.92. The van der Waals surface area contributed by atoms with E-state index in [4.69, 9.17) is 5.73 Å². The van der Waals surface area contributed by atoms with E-state index in [0.29, 0.717) is 11.5 Å². The lowest BCUT2D eigenvalue weighted by molar-refractivity contribution is 0.312. The van der Waals surface area contributed by atoms with Crippen molar-refractivity contribution in [3.05, 3.63) is 24.8 Å². The van der Waals surface area contributed by atoms with Crippen LogP contribution in [-0.2, 0) is 0 Å². The monoisotopic (exact) mass is 259 g/mol. The Labute approximate surface area is 111 Å². The molecule has 0 saturated carbocycles. The van der Waals surface area contributed by atoms with E-state index in [9.17, 15) is 0 Å². The van der Waals surface area contributed by atoms with Crippen molar-refractivity contribution in [1.29, 1.82) is 0 Å². The number of aromatic nitrogens is 4. The van der Waals surface area contributed by atoms with Crippen molar-refractivity contribution in [3.63, 3.8) is 0 Å². The molecule has 2 aromatic heterocycles. The van der Waals surface area contributed by atoms with Gasteiger partial charge in [-0.15, -0.1) is 0 Å². The lowest BCUT2D eigenvalue weighted by Gasteiger charge is -2.33. The average Bonchev–Trinajstić information content (AvgIpc) is 2.94. The number of hydrogen-bond donors (Lipinski definition) is 1. The zero-order valence-corrected chi connectivity index (χ0v) is 10.9. The molecule has 2 N–H and O–H groups in total. The Morgan fingerprint density at radius 1 is 1.11 bits per heavy atom. The fraction of sp³-hybridized carbons (Fsp3) is 0.417. The van der Waals surface area contributed by atoms with Crippen LogP contribution in [-0.4, -0.2) is 57.9 Å². The van der Waals surface area contributed by atoms with Crippen molar-refractivity contribution >= 4 is 11.5 Å². The van der Waals surface area contributed by atoms with E-state index >= 15 is 0 Å². The molecular weight excluding hydrogens is 242 g/mol. The van der Waals surface area contributed by atoms with Gasteiger partial charge in [0.2, 0.25) is 0 Å². The summed E-state index contributed by atoms with van der Waals surface area (Å²) in [5, 5.41) is 4.17. The molecule has 3 heterocycles. The maximum Gasteiger partial charge on any atom is 0.181 e.